The van der Waals surface area contributed by atoms with E-state index in [1.165, 1.54) is 0 Å². The van der Waals surface area contributed by atoms with Crippen molar-refractivity contribution in [3.63, 3.8) is 0 Å². The zero-order valence-corrected chi connectivity index (χ0v) is 15.9. The first-order valence-electron chi connectivity index (χ1n) is 9.41. The van der Waals surface area contributed by atoms with Crippen LogP contribution >= 0.6 is 0 Å². The highest BCUT2D eigenvalue weighted by Crippen LogP contribution is 2.30. The van der Waals surface area contributed by atoms with Crippen LogP contribution in [0.3, 0.4) is 0 Å². The van der Waals surface area contributed by atoms with E-state index in [1.807, 2.05) is 18.2 Å². The van der Waals surface area contributed by atoms with E-state index in [2.05, 4.69) is 23.7 Å². The van der Waals surface area contributed by atoms with E-state index in [0.717, 1.165) is 55.1 Å². The number of carboxylic acids is 1. The zero-order chi connectivity index (χ0) is 18.7. The second kappa shape index (κ2) is 8.08. The molecule has 0 radical (unpaired) electrons. The molecule has 1 aromatic heterocycles. The molecule has 1 fully saturated rings. The number of aliphatic carboxylic acids is 1. The number of H-pyrrole nitrogens is 1. The number of imidazole rings is 1. The summed E-state index contributed by atoms with van der Waals surface area (Å²) in [6.45, 7) is 7.45. The number of piperidine rings is 1. The highest BCUT2D eigenvalue weighted by atomic mass is 16.5. The lowest BCUT2D eigenvalue weighted by Crippen LogP contribution is -2.43. The molecule has 0 aliphatic carbocycles. The van der Waals surface area contributed by atoms with Crippen LogP contribution in [0.1, 0.15) is 32.5 Å². The Kier molecular flexibility index (Phi) is 5.81. The molecule has 26 heavy (non-hydrogen) atoms. The van der Waals surface area contributed by atoms with Gasteiger partial charge in [-0.2, -0.15) is 0 Å². The zero-order valence-electron chi connectivity index (χ0n) is 15.9. The minimum atomic E-state index is -0.702. The summed E-state index contributed by atoms with van der Waals surface area (Å²) in [4.78, 5) is 21.9. The van der Waals surface area contributed by atoms with Gasteiger partial charge in [-0.1, -0.05) is 13.8 Å². The van der Waals surface area contributed by atoms with Crippen molar-refractivity contribution in [2.45, 2.75) is 33.1 Å². The summed E-state index contributed by atoms with van der Waals surface area (Å²) in [5, 5.41) is 9.28. The Morgan fingerprint density at radius 1 is 1.42 bits per heavy atom. The third kappa shape index (κ3) is 4.55. The number of rotatable bonds is 7. The van der Waals surface area contributed by atoms with Gasteiger partial charge in [0.15, 0.2) is 0 Å². The lowest BCUT2D eigenvalue weighted by Gasteiger charge is -2.38. The van der Waals surface area contributed by atoms with Crippen molar-refractivity contribution in [1.29, 1.82) is 0 Å². The van der Waals surface area contributed by atoms with Crippen molar-refractivity contribution in [3.8, 4) is 5.75 Å². The van der Waals surface area contributed by atoms with E-state index in [0.29, 0.717) is 11.8 Å². The van der Waals surface area contributed by atoms with Gasteiger partial charge in [0.05, 0.1) is 18.1 Å². The molecule has 1 aromatic carbocycles. The van der Waals surface area contributed by atoms with Gasteiger partial charge in [0.2, 0.25) is 0 Å². The second-order valence-electron chi connectivity index (χ2n) is 7.83. The van der Waals surface area contributed by atoms with Crippen LogP contribution in [0.5, 0.6) is 5.75 Å². The number of nitrogens with one attached hydrogen (secondary N) is 1. The fraction of sp³-hybridized carbons (Fsp3) is 0.600. The molecule has 1 aliphatic rings. The summed E-state index contributed by atoms with van der Waals surface area (Å²) in [6.07, 6.45) is 1.97. The monoisotopic (exact) mass is 359 g/mol. The average Bonchev–Trinajstić information content (AvgIpc) is 2.97. The maximum Gasteiger partial charge on any atom is 0.303 e. The fourth-order valence-corrected chi connectivity index (χ4v) is 4.08. The van der Waals surface area contributed by atoms with Crippen LogP contribution in [0.2, 0.25) is 0 Å². The van der Waals surface area contributed by atoms with E-state index in [1.54, 1.807) is 7.11 Å². The van der Waals surface area contributed by atoms with Crippen LogP contribution in [-0.2, 0) is 11.2 Å². The quantitative estimate of drug-likeness (QED) is 0.794. The fourth-order valence-electron chi connectivity index (χ4n) is 4.08. The van der Waals surface area contributed by atoms with Gasteiger partial charge in [-0.3, -0.25) is 4.79 Å². The molecule has 0 saturated carbocycles. The molecule has 0 spiro atoms. The number of ether oxygens (including phenoxy) is 1. The van der Waals surface area contributed by atoms with Gasteiger partial charge in [0.25, 0.3) is 0 Å². The third-order valence-electron chi connectivity index (χ3n) is 5.23. The van der Waals surface area contributed by atoms with Crippen LogP contribution in [-0.4, -0.2) is 52.7 Å². The van der Waals surface area contributed by atoms with Crippen molar-refractivity contribution in [3.05, 3.63) is 24.0 Å². The van der Waals surface area contributed by atoms with Gasteiger partial charge in [-0.15, -0.1) is 0 Å². The molecule has 0 bridgehead atoms. The number of carbonyl (C=O) groups is 1. The van der Waals surface area contributed by atoms with Crippen LogP contribution in [0, 0.1) is 17.8 Å². The molecule has 2 unspecified atom stereocenters. The van der Waals surface area contributed by atoms with Crippen LogP contribution in [0.4, 0.5) is 0 Å². The molecule has 2 atom stereocenters. The minimum absolute atomic E-state index is 0.207. The number of benzene rings is 1. The number of fused-ring (bicyclic) bond motifs is 1. The molecule has 0 amide bonds. The second-order valence-corrected chi connectivity index (χ2v) is 7.83. The van der Waals surface area contributed by atoms with Crippen molar-refractivity contribution < 1.29 is 14.6 Å². The number of aromatic nitrogens is 2. The van der Waals surface area contributed by atoms with E-state index in [4.69, 9.17) is 9.72 Å². The Morgan fingerprint density at radius 3 is 2.92 bits per heavy atom. The van der Waals surface area contributed by atoms with Crippen molar-refractivity contribution in [2.24, 2.45) is 17.8 Å². The van der Waals surface area contributed by atoms with Crippen molar-refractivity contribution >= 4 is 17.0 Å². The molecular weight excluding hydrogens is 330 g/mol. The van der Waals surface area contributed by atoms with Gasteiger partial charge in [0.1, 0.15) is 11.6 Å². The van der Waals surface area contributed by atoms with Gasteiger partial charge in [0, 0.05) is 32.0 Å². The maximum atomic E-state index is 11.3. The molecule has 1 aliphatic heterocycles. The Bertz CT molecular complexity index is 756. The summed E-state index contributed by atoms with van der Waals surface area (Å²) < 4.78 is 5.27. The topological polar surface area (TPSA) is 78.4 Å². The number of methoxy groups -OCH3 is 1. The first-order chi connectivity index (χ1) is 12.4. The van der Waals surface area contributed by atoms with Gasteiger partial charge in [-0.25, -0.2) is 4.98 Å². The van der Waals surface area contributed by atoms with E-state index >= 15 is 0 Å². The lowest BCUT2D eigenvalue weighted by atomic mass is 9.81. The SMILES string of the molecule is COc1ccc2nc(CC3CN(CC(C)C)CCC3CC(=O)O)[nH]c2c1. The Morgan fingerprint density at radius 2 is 2.23 bits per heavy atom. The first kappa shape index (κ1) is 18.7. The summed E-state index contributed by atoms with van der Waals surface area (Å²) in [5.41, 5.74) is 1.88. The van der Waals surface area contributed by atoms with Crippen molar-refractivity contribution in [1.82, 2.24) is 14.9 Å². The average molecular weight is 359 g/mol. The maximum absolute atomic E-state index is 11.3. The van der Waals surface area contributed by atoms with Crippen molar-refractivity contribution in [2.75, 3.05) is 26.7 Å². The van der Waals surface area contributed by atoms with E-state index in [9.17, 15) is 9.90 Å². The molecule has 6 nitrogen and oxygen atoms in total. The summed E-state index contributed by atoms with van der Waals surface area (Å²) >= 11 is 0. The molecule has 1 saturated heterocycles. The standard InChI is InChI=1S/C20H29N3O3/c1-13(2)11-23-7-6-14(9-20(24)25)15(12-23)8-19-21-17-5-4-16(26-3)10-18(17)22-19/h4-5,10,13-15H,6-9,11-12H2,1-3H3,(H,21,22)(H,24,25). The van der Waals surface area contributed by atoms with Crippen LogP contribution < -0.4 is 4.74 Å². The number of likely N-dealkylation sites (tertiary alicyclic amines) is 1. The normalized spacial score (nSPS) is 21.4. The molecule has 142 valence electrons. The summed E-state index contributed by atoms with van der Waals surface area (Å²) in [5.74, 6) is 2.16. The van der Waals surface area contributed by atoms with Gasteiger partial charge < -0.3 is 19.7 Å². The van der Waals surface area contributed by atoms with Gasteiger partial charge >= 0.3 is 5.97 Å². The van der Waals surface area contributed by atoms with Crippen LogP contribution in [0.25, 0.3) is 11.0 Å². The van der Waals surface area contributed by atoms with E-state index in [-0.39, 0.29) is 12.3 Å². The molecule has 6 heteroatoms. The molecule has 2 N–H and O–H groups in total. The number of aromatic amines is 1. The minimum Gasteiger partial charge on any atom is -0.497 e. The lowest BCUT2D eigenvalue weighted by molar-refractivity contribution is -0.139. The Balaban J connectivity index is 1.77. The first-order valence-corrected chi connectivity index (χ1v) is 9.41. The third-order valence-corrected chi connectivity index (χ3v) is 5.23. The molecule has 2 heterocycles. The number of nitrogens with zero attached hydrogens (tertiary/aromatic N) is 2. The highest BCUT2D eigenvalue weighted by Gasteiger charge is 2.31. The number of hydrogen-bond acceptors (Lipinski definition) is 4. The molecule has 3 rings (SSSR count). The van der Waals surface area contributed by atoms with Crippen LogP contribution in [0.15, 0.2) is 18.2 Å². The smallest absolute Gasteiger partial charge is 0.303 e. The Hall–Kier alpha value is -2.08. The Labute approximate surface area is 154 Å². The molecule has 2 aromatic rings. The summed E-state index contributed by atoms with van der Waals surface area (Å²) in [7, 11) is 1.65. The largest absolute Gasteiger partial charge is 0.497 e. The number of hydrogen-bond donors (Lipinski definition) is 2. The predicted molar refractivity (Wildman–Crippen MR) is 101 cm³/mol. The predicted octanol–water partition coefficient (Wildman–Crippen LogP) is 3.18. The number of carboxylic acid groups (broad SMARTS) is 1. The summed E-state index contributed by atoms with van der Waals surface area (Å²) in [6, 6.07) is 5.81. The highest BCUT2D eigenvalue weighted by molar-refractivity contribution is 5.76. The van der Waals surface area contributed by atoms with Gasteiger partial charge in [-0.05, 0) is 42.9 Å². The molecular formula is C20H29N3O3. The van der Waals surface area contributed by atoms with E-state index < -0.39 is 5.97 Å².